The lowest BCUT2D eigenvalue weighted by atomic mass is 9.99. The number of sulfone groups is 1. The summed E-state index contributed by atoms with van der Waals surface area (Å²) in [4.78, 5) is 13.6. The van der Waals surface area contributed by atoms with Gasteiger partial charge in [-0.1, -0.05) is 6.92 Å². The molecular weight excluding hydrogens is 228 g/mol. The highest BCUT2D eigenvalue weighted by Gasteiger charge is 2.40. The maximum atomic E-state index is 11.9. The van der Waals surface area contributed by atoms with Crippen molar-refractivity contribution in [1.82, 2.24) is 10.2 Å². The minimum Gasteiger partial charge on any atom is -0.328 e. The Hall–Kier alpha value is -0.620. The predicted molar refractivity (Wildman–Crippen MR) is 62.7 cm³/mol. The molecule has 1 unspecified atom stereocenters. The van der Waals surface area contributed by atoms with Gasteiger partial charge in [-0.3, -0.25) is 10.1 Å². The van der Waals surface area contributed by atoms with Gasteiger partial charge in [0.05, 0.1) is 18.0 Å². The third kappa shape index (κ3) is 3.18. The second kappa shape index (κ2) is 4.71. The number of rotatable bonds is 5. The number of hydrogen-bond donors (Lipinski definition) is 1. The van der Waals surface area contributed by atoms with Crippen LogP contribution >= 0.6 is 0 Å². The lowest BCUT2D eigenvalue weighted by Crippen LogP contribution is -2.43. The molecule has 16 heavy (non-hydrogen) atoms. The lowest BCUT2D eigenvalue weighted by Gasteiger charge is -2.20. The van der Waals surface area contributed by atoms with Crippen LogP contribution in [0.25, 0.3) is 0 Å². The molecule has 1 fully saturated rings. The standard InChI is InChI=1S/C10H20N2O3S/c1-4-10(2)9(13)12(8-11-10)6-5-7-16(3,14)15/h11H,4-8H2,1-3H3. The van der Waals surface area contributed by atoms with Gasteiger partial charge in [-0.25, -0.2) is 8.42 Å². The Kier molecular flexibility index (Phi) is 3.96. The van der Waals surface area contributed by atoms with E-state index >= 15 is 0 Å². The summed E-state index contributed by atoms with van der Waals surface area (Å²) in [5.74, 6) is 0.211. The van der Waals surface area contributed by atoms with Crippen LogP contribution in [0, 0.1) is 0 Å². The largest absolute Gasteiger partial charge is 0.328 e. The first-order chi connectivity index (χ1) is 7.28. The molecular formula is C10H20N2O3S. The van der Waals surface area contributed by atoms with Crippen molar-refractivity contribution in [2.45, 2.75) is 32.2 Å². The zero-order valence-electron chi connectivity index (χ0n) is 10.1. The van der Waals surface area contributed by atoms with E-state index < -0.39 is 15.4 Å². The number of hydrogen-bond acceptors (Lipinski definition) is 4. The molecule has 0 aromatic rings. The molecule has 1 atom stereocenters. The van der Waals surface area contributed by atoms with E-state index in [0.717, 1.165) is 6.42 Å². The van der Waals surface area contributed by atoms with Crippen LogP contribution in [0.1, 0.15) is 26.7 Å². The molecule has 1 saturated heterocycles. The summed E-state index contributed by atoms with van der Waals surface area (Å²) < 4.78 is 21.9. The summed E-state index contributed by atoms with van der Waals surface area (Å²) in [6.07, 6.45) is 2.47. The number of carbonyl (C=O) groups is 1. The molecule has 0 bridgehead atoms. The zero-order chi connectivity index (χ0) is 12.4. The van der Waals surface area contributed by atoms with Gasteiger partial charge in [-0.05, 0) is 19.8 Å². The maximum absolute atomic E-state index is 11.9. The molecule has 1 aliphatic heterocycles. The van der Waals surface area contributed by atoms with E-state index in [-0.39, 0.29) is 11.7 Å². The molecule has 1 N–H and O–H groups in total. The summed E-state index contributed by atoms with van der Waals surface area (Å²) in [5.41, 5.74) is -0.467. The normalized spacial score (nSPS) is 26.4. The molecule has 0 aromatic carbocycles. The van der Waals surface area contributed by atoms with Crippen LogP contribution in [-0.4, -0.2) is 50.0 Å². The van der Waals surface area contributed by atoms with Crippen LogP contribution in [-0.2, 0) is 14.6 Å². The molecule has 6 heteroatoms. The summed E-state index contributed by atoms with van der Waals surface area (Å²) >= 11 is 0. The molecule has 0 saturated carbocycles. The van der Waals surface area contributed by atoms with E-state index in [2.05, 4.69) is 5.32 Å². The minimum absolute atomic E-state index is 0.0727. The van der Waals surface area contributed by atoms with E-state index in [0.29, 0.717) is 19.6 Å². The fraction of sp³-hybridized carbons (Fsp3) is 0.900. The third-order valence-electron chi connectivity index (χ3n) is 3.07. The Balaban J connectivity index is 2.44. The Bertz CT molecular complexity index is 366. The lowest BCUT2D eigenvalue weighted by molar-refractivity contribution is -0.132. The molecule has 1 heterocycles. The van der Waals surface area contributed by atoms with Crippen molar-refractivity contribution in [1.29, 1.82) is 0 Å². The zero-order valence-corrected chi connectivity index (χ0v) is 10.9. The van der Waals surface area contributed by atoms with Crippen molar-refractivity contribution < 1.29 is 13.2 Å². The fourth-order valence-electron chi connectivity index (χ4n) is 1.74. The molecule has 1 aliphatic rings. The fourth-order valence-corrected chi connectivity index (χ4v) is 2.39. The Morgan fingerprint density at radius 2 is 2.12 bits per heavy atom. The number of amides is 1. The third-order valence-corrected chi connectivity index (χ3v) is 4.10. The van der Waals surface area contributed by atoms with Gasteiger partial charge >= 0.3 is 0 Å². The number of nitrogens with one attached hydrogen (secondary N) is 1. The molecule has 94 valence electrons. The number of nitrogens with zero attached hydrogens (tertiary/aromatic N) is 1. The van der Waals surface area contributed by atoms with E-state index in [1.807, 2.05) is 13.8 Å². The van der Waals surface area contributed by atoms with Crippen LogP contribution in [0.2, 0.25) is 0 Å². The monoisotopic (exact) mass is 248 g/mol. The van der Waals surface area contributed by atoms with E-state index in [9.17, 15) is 13.2 Å². The van der Waals surface area contributed by atoms with Gasteiger partial charge in [0.1, 0.15) is 9.84 Å². The van der Waals surface area contributed by atoms with Gasteiger partial charge in [0, 0.05) is 12.8 Å². The van der Waals surface area contributed by atoms with Crippen molar-refractivity contribution in [3.8, 4) is 0 Å². The van der Waals surface area contributed by atoms with E-state index in [1.165, 1.54) is 6.26 Å². The quantitative estimate of drug-likeness (QED) is 0.742. The highest BCUT2D eigenvalue weighted by Crippen LogP contribution is 2.19. The molecule has 0 radical (unpaired) electrons. The average molecular weight is 248 g/mol. The minimum atomic E-state index is -2.93. The molecule has 1 rings (SSSR count). The SMILES string of the molecule is CCC1(C)NCN(CCCS(C)(=O)=O)C1=O. The molecule has 1 amide bonds. The van der Waals surface area contributed by atoms with Crippen molar-refractivity contribution >= 4 is 15.7 Å². The van der Waals surface area contributed by atoms with Crippen molar-refractivity contribution in [3.63, 3.8) is 0 Å². The molecule has 0 aliphatic carbocycles. The van der Waals surface area contributed by atoms with Gasteiger partial charge in [0.2, 0.25) is 5.91 Å². The Morgan fingerprint density at radius 3 is 2.56 bits per heavy atom. The van der Waals surface area contributed by atoms with Gasteiger partial charge in [-0.15, -0.1) is 0 Å². The maximum Gasteiger partial charge on any atom is 0.243 e. The van der Waals surface area contributed by atoms with Crippen LogP contribution in [0.15, 0.2) is 0 Å². The van der Waals surface area contributed by atoms with E-state index in [4.69, 9.17) is 0 Å². The predicted octanol–water partition coefficient (Wildman–Crippen LogP) is -0.0209. The summed E-state index contributed by atoms with van der Waals surface area (Å²) in [5, 5.41) is 3.16. The molecule has 5 nitrogen and oxygen atoms in total. The summed E-state index contributed by atoms with van der Waals surface area (Å²) in [6.45, 7) is 4.87. The van der Waals surface area contributed by atoms with Crippen molar-refractivity contribution in [3.05, 3.63) is 0 Å². The van der Waals surface area contributed by atoms with Gasteiger partial charge in [-0.2, -0.15) is 0 Å². The summed E-state index contributed by atoms with van der Waals surface area (Å²) in [7, 11) is -2.93. The topological polar surface area (TPSA) is 66.5 Å². The van der Waals surface area contributed by atoms with E-state index in [1.54, 1.807) is 4.90 Å². The first-order valence-corrected chi connectivity index (χ1v) is 7.57. The second-order valence-corrected chi connectivity index (χ2v) is 6.83. The van der Waals surface area contributed by atoms with Gasteiger partial charge in [0.15, 0.2) is 0 Å². The van der Waals surface area contributed by atoms with Crippen molar-refractivity contribution in [2.24, 2.45) is 0 Å². The Morgan fingerprint density at radius 1 is 1.50 bits per heavy atom. The first kappa shape index (κ1) is 13.4. The van der Waals surface area contributed by atoms with Gasteiger partial charge in [0.25, 0.3) is 0 Å². The molecule has 0 spiro atoms. The Labute approximate surface area is 97.1 Å². The van der Waals surface area contributed by atoms with Gasteiger partial charge < -0.3 is 4.90 Å². The van der Waals surface area contributed by atoms with Crippen LogP contribution in [0.5, 0.6) is 0 Å². The highest BCUT2D eigenvalue weighted by atomic mass is 32.2. The average Bonchev–Trinajstić information content (AvgIpc) is 2.45. The second-order valence-electron chi connectivity index (χ2n) is 4.57. The number of carbonyl (C=O) groups excluding carboxylic acids is 1. The first-order valence-electron chi connectivity index (χ1n) is 5.50. The van der Waals surface area contributed by atoms with Crippen LogP contribution < -0.4 is 5.32 Å². The summed E-state index contributed by atoms with van der Waals surface area (Å²) in [6, 6.07) is 0. The highest BCUT2D eigenvalue weighted by molar-refractivity contribution is 7.90. The van der Waals surface area contributed by atoms with Crippen molar-refractivity contribution in [2.75, 3.05) is 25.2 Å². The molecule has 0 aromatic heterocycles. The van der Waals surface area contributed by atoms with Crippen LogP contribution in [0.3, 0.4) is 0 Å². The smallest absolute Gasteiger partial charge is 0.243 e. The van der Waals surface area contributed by atoms with Crippen LogP contribution in [0.4, 0.5) is 0 Å².